The summed E-state index contributed by atoms with van der Waals surface area (Å²) in [4.78, 5) is 10.9. The quantitative estimate of drug-likeness (QED) is 0.712. The molecule has 1 rings (SSSR count). The molecule has 1 aromatic carbocycles. The summed E-state index contributed by atoms with van der Waals surface area (Å²) in [6.07, 6.45) is 2.23. The molecule has 0 N–H and O–H groups in total. The van der Waals surface area contributed by atoms with Crippen LogP contribution in [0.4, 0.5) is 4.39 Å². The molecule has 2 nitrogen and oxygen atoms in total. The molecule has 1 radical (unpaired) electrons. The lowest BCUT2D eigenvalue weighted by atomic mass is 10.1. The van der Waals surface area contributed by atoms with E-state index < -0.39 is 0 Å². The maximum Gasteiger partial charge on any atom is 0.303 e. The molecule has 0 amide bonds. The van der Waals surface area contributed by atoms with Crippen LogP contribution < -0.4 is 0 Å². The van der Waals surface area contributed by atoms with Crippen LogP contribution in [0, 0.1) is 12.2 Å². The van der Waals surface area contributed by atoms with Crippen molar-refractivity contribution in [2.24, 2.45) is 0 Å². The minimum Gasteiger partial charge on any atom is -0.458 e. The molecule has 0 saturated heterocycles. The summed E-state index contributed by atoms with van der Waals surface area (Å²) in [6, 6.07) is 5.99. The Balaban J connectivity index is 2.78. The highest BCUT2D eigenvalue weighted by atomic mass is 19.1. The highest BCUT2D eigenvalue weighted by Gasteiger charge is 2.13. The van der Waals surface area contributed by atoms with Gasteiger partial charge in [0.2, 0.25) is 0 Å². The Morgan fingerprint density at radius 1 is 1.47 bits per heavy atom. The van der Waals surface area contributed by atoms with E-state index in [0.717, 1.165) is 5.56 Å². The topological polar surface area (TPSA) is 26.3 Å². The van der Waals surface area contributed by atoms with Crippen molar-refractivity contribution in [3.8, 4) is 0 Å². The normalized spacial score (nSPS) is 12.2. The number of rotatable bonds is 4. The van der Waals surface area contributed by atoms with E-state index in [-0.39, 0.29) is 17.9 Å². The smallest absolute Gasteiger partial charge is 0.303 e. The SMILES string of the molecule is C[CH]CC(OC(C)=O)c1ccc(F)cc1. The zero-order valence-corrected chi connectivity index (χ0v) is 8.87. The molecule has 81 valence electrons. The van der Waals surface area contributed by atoms with Crippen molar-refractivity contribution in [3.05, 3.63) is 42.1 Å². The van der Waals surface area contributed by atoms with Gasteiger partial charge in [-0.2, -0.15) is 0 Å². The first kappa shape index (κ1) is 11.7. The van der Waals surface area contributed by atoms with E-state index in [0.29, 0.717) is 6.42 Å². The number of carbonyl (C=O) groups is 1. The van der Waals surface area contributed by atoms with Crippen LogP contribution >= 0.6 is 0 Å². The number of ether oxygens (including phenoxy) is 1. The van der Waals surface area contributed by atoms with Crippen LogP contribution in [0.5, 0.6) is 0 Å². The Bertz CT molecular complexity index is 319. The van der Waals surface area contributed by atoms with Crippen LogP contribution in [-0.2, 0) is 9.53 Å². The molecule has 15 heavy (non-hydrogen) atoms. The van der Waals surface area contributed by atoms with Crippen molar-refractivity contribution >= 4 is 5.97 Å². The molecule has 0 heterocycles. The summed E-state index contributed by atoms with van der Waals surface area (Å²) >= 11 is 0. The predicted molar refractivity (Wildman–Crippen MR) is 55.5 cm³/mol. The second kappa shape index (κ2) is 5.49. The summed E-state index contributed by atoms with van der Waals surface area (Å²) in [6.45, 7) is 3.26. The Morgan fingerprint density at radius 2 is 2.07 bits per heavy atom. The molecule has 0 spiro atoms. The molecule has 0 aliphatic heterocycles. The lowest BCUT2D eigenvalue weighted by Gasteiger charge is -2.16. The fraction of sp³-hybridized carbons (Fsp3) is 0.333. The van der Waals surface area contributed by atoms with E-state index in [1.807, 2.05) is 13.3 Å². The molecule has 0 bridgehead atoms. The van der Waals surface area contributed by atoms with Crippen molar-refractivity contribution in [2.45, 2.75) is 26.4 Å². The number of hydrogen-bond acceptors (Lipinski definition) is 2. The number of carbonyl (C=O) groups excluding carboxylic acids is 1. The standard InChI is InChI=1S/C12H14FO2/c1-3-4-12(15-9(2)14)10-5-7-11(13)8-6-10/h3,5-8,12H,4H2,1-2H3. The van der Waals surface area contributed by atoms with Gasteiger partial charge in [0, 0.05) is 6.92 Å². The van der Waals surface area contributed by atoms with Crippen LogP contribution in [0.15, 0.2) is 24.3 Å². The molecule has 0 aliphatic rings. The van der Waals surface area contributed by atoms with Crippen LogP contribution in [0.1, 0.15) is 31.9 Å². The van der Waals surface area contributed by atoms with Crippen molar-refractivity contribution in [3.63, 3.8) is 0 Å². The highest BCUT2D eigenvalue weighted by Crippen LogP contribution is 2.22. The third kappa shape index (κ3) is 3.70. The lowest BCUT2D eigenvalue weighted by molar-refractivity contribution is -0.146. The monoisotopic (exact) mass is 209 g/mol. The lowest BCUT2D eigenvalue weighted by Crippen LogP contribution is -2.08. The minimum absolute atomic E-state index is 0.291. The average molecular weight is 209 g/mol. The molecule has 0 saturated carbocycles. The molecule has 1 atom stereocenters. The summed E-state index contributed by atoms with van der Waals surface area (Å²) in [7, 11) is 0. The van der Waals surface area contributed by atoms with E-state index in [2.05, 4.69) is 0 Å². The maximum atomic E-state index is 12.7. The van der Waals surface area contributed by atoms with Crippen LogP contribution in [0.25, 0.3) is 0 Å². The number of hydrogen-bond donors (Lipinski definition) is 0. The van der Waals surface area contributed by atoms with Gasteiger partial charge in [-0.15, -0.1) is 0 Å². The molecule has 0 fully saturated rings. The second-order valence-electron chi connectivity index (χ2n) is 3.29. The zero-order chi connectivity index (χ0) is 11.3. The molecular weight excluding hydrogens is 195 g/mol. The Hall–Kier alpha value is -1.38. The van der Waals surface area contributed by atoms with Crippen LogP contribution in [0.3, 0.4) is 0 Å². The van der Waals surface area contributed by atoms with Crippen LogP contribution in [0.2, 0.25) is 0 Å². The van der Waals surface area contributed by atoms with Crippen molar-refractivity contribution < 1.29 is 13.9 Å². The maximum absolute atomic E-state index is 12.7. The van der Waals surface area contributed by atoms with Gasteiger partial charge in [-0.3, -0.25) is 4.79 Å². The third-order valence-electron chi connectivity index (χ3n) is 2.00. The van der Waals surface area contributed by atoms with Gasteiger partial charge in [-0.05, 0) is 30.5 Å². The largest absolute Gasteiger partial charge is 0.458 e. The minimum atomic E-state index is -0.328. The van der Waals surface area contributed by atoms with Gasteiger partial charge in [0.05, 0.1) is 0 Å². The third-order valence-corrected chi connectivity index (χ3v) is 2.00. The van der Waals surface area contributed by atoms with Gasteiger partial charge in [-0.1, -0.05) is 19.1 Å². The highest BCUT2D eigenvalue weighted by molar-refractivity contribution is 5.66. The fourth-order valence-corrected chi connectivity index (χ4v) is 1.34. The first-order valence-electron chi connectivity index (χ1n) is 4.84. The van der Waals surface area contributed by atoms with Gasteiger partial charge < -0.3 is 4.74 Å². The molecule has 1 unspecified atom stereocenters. The van der Waals surface area contributed by atoms with E-state index >= 15 is 0 Å². The van der Waals surface area contributed by atoms with Gasteiger partial charge in [-0.25, -0.2) is 4.39 Å². The molecule has 0 aliphatic carbocycles. The molecular formula is C12H14FO2. The number of halogens is 1. The predicted octanol–water partition coefficient (Wildman–Crippen LogP) is 3.04. The summed E-state index contributed by atoms with van der Waals surface area (Å²) < 4.78 is 17.8. The van der Waals surface area contributed by atoms with Gasteiger partial charge >= 0.3 is 5.97 Å². The van der Waals surface area contributed by atoms with Gasteiger partial charge in [0.1, 0.15) is 11.9 Å². The van der Waals surface area contributed by atoms with Crippen molar-refractivity contribution in [1.82, 2.24) is 0 Å². The molecule has 0 aromatic heterocycles. The molecule has 3 heteroatoms. The molecule has 1 aromatic rings. The van der Waals surface area contributed by atoms with E-state index in [1.165, 1.54) is 19.1 Å². The zero-order valence-electron chi connectivity index (χ0n) is 8.87. The summed E-state index contributed by atoms with van der Waals surface area (Å²) in [5, 5.41) is 0. The van der Waals surface area contributed by atoms with Gasteiger partial charge in [0.25, 0.3) is 0 Å². The van der Waals surface area contributed by atoms with Crippen molar-refractivity contribution in [1.29, 1.82) is 0 Å². The van der Waals surface area contributed by atoms with Crippen molar-refractivity contribution in [2.75, 3.05) is 0 Å². The number of benzene rings is 1. The number of esters is 1. The Kier molecular flexibility index (Phi) is 4.28. The Labute approximate surface area is 89.1 Å². The fourth-order valence-electron chi connectivity index (χ4n) is 1.34. The van der Waals surface area contributed by atoms with E-state index in [9.17, 15) is 9.18 Å². The van der Waals surface area contributed by atoms with Gasteiger partial charge in [0.15, 0.2) is 0 Å². The average Bonchev–Trinajstić information content (AvgIpc) is 2.17. The summed E-state index contributed by atoms with van der Waals surface area (Å²) in [5.74, 6) is -0.619. The first-order valence-corrected chi connectivity index (χ1v) is 4.84. The summed E-state index contributed by atoms with van der Waals surface area (Å²) in [5.41, 5.74) is 0.810. The first-order chi connectivity index (χ1) is 7.13. The second-order valence-corrected chi connectivity index (χ2v) is 3.29. The van der Waals surface area contributed by atoms with E-state index in [1.54, 1.807) is 12.1 Å². The van der Waals surface area contributed by atoms with Crippen LogP contribution in [-0.4, -0.2) is 5.97 Å². The van der Waals surface area contributed by atoms with E-state index in [4.69, 9.17) is 4.74 Å². The Morgan fingerprint density at radius 3 is 2.53 bits per heavy atom.